The number of hydrogen-bond donors (Lipinski definition) is 3. The van der Waals surface area contributed by atoms with Crippen LogP contribution in [0.25, 0.3) is 0 Å². The summed E-state index contributed by atoms with van der Waals surface area (Å²) in [7, 11) is 0. The van der Waals surface area contributed by atoms with Crippen molar-refractivity contribution in [2.45, 2.75) is 25.6 Å². The largest absolute Gasteiger partial charge is 0.394 e. The van der Waals surface area contributed by atoms with Crippen molar-refractivity contribution in [1.82, 2.24) is 0 Å². The number of aryl methyl sites for hydroxylation is 1. The van der Waals surface area contributed by atoms with Crippen molar-refractivity contribution >= 4 is 0 Å². The van der Waals surface area contributed by atoms with Crippen LogP contribution in [0.5, 0.6) is 0 Å². The zero-order valence-corrected chi connectivity index (χ0v) is 8.22. The first-order chi connectivity index (χ1) is 6.65. The predicted octanol–water partition coefficient (Wildman–Crippen LogP) is 0.252. The molecule has 3 N–H and O–H groups in total. The van der Waals surface area contributed by atoms with Gasteiger partial charge in [-0.3, -0.25) is 0 Å². The zero-order valence-electron chi connectivity index (χ0n) is 8.22. The van der Waals surface area contributed by atoms with E-state index in [1.54, 1.807) is 0 Å². The molecule has 1 aromatic rings. The van der Waals surface area contributed by atoms with E-state index in [-0.39, 0.29) is 0 Å². The van der Waals surface area contributed by atoms with Crippen molar-refractivity contribution in [3.8, 4) is 0 Å². The highest BCUT2D eigenvalue weighted by molar-refractivity contribution is 5.26. The second kappa shape index (κ2) is 5.10. The van der Waals surface area contributed by atoms with Gasteiger partial charge in [-0.25, -0.2) is 0 Å². The molecule has 0 saturated carbocycles. The van der Waals surface area contributed by atoms with Gasteiger partial charge in [0.15, 0.2) is 0 Å². The first kappa shape index (κ1) is 11.2. The van der Waals surface area contributed by atoms with Gasteiger partial charge in [0.2, 0.25) is 0 Å². The Kier molecular flexibility index (Phi) is 4.07. The number of benzene rings is 1. The average Bonchev–Trinajstić information content (AvgIpc) is 2.20. The Hall–Kier alpha value is -0.900. The minimum atomic E-state index is -1.06. The van der Waals surface area contributed by atoms with E-state index >= 15 is 0 Å². The molecule has 2 atom stereocenters. The third-order valence-corrected chi connectivity index (χ3v) is 2.32. The highest BCUT2D eigenvalue weighted by Crippen LogP contribution is 2.11. The summed E-state index contributed by atoms with van der Waals surface area (Å²) in [6, 6.07) is 7.67. The first-order valence-electron chi connectivity index (χ1n) is 4.66. The smallest absolute Gasteiger partial charge is 0.103 e. The lowest BCUT2D eigenvalue weighted by atomic mass is 10.0. The van der Waals surface area contributed by atoms with E-state index in [0.717, 1.165) is 11.1 Å². The van der Waals surface area contributed by atoms with Crippen LogP contribution in [0.2, 0.25) is 0 Å². The third-order valence-electron chi connectivity index (χ3n) is 2.32. The van der Waals surface area contributed by atoms with Gasteiger partial charge in [0, 0.05) is 6.42 Å². The van der Waals surface area contributed by atoms with Crippen LogP contribution in [0.15, 0.2) is 24.3 Å². The van der Waals surface area contributed by atoms with E-state index in [4.69, 9.17) is 5.11 Å². The van der Waals surface area contributed by atoms with E-state index in [9.17, 15) is 10.2 Å². The van der Waals surface area contributed by atoms with Crippen molar-refractivity contribution in [3.05, 3.63) is 35.4 Å². The molecule has 0 fully saturated rings. The Morgan fingerprint density at radius 3 is 2.36 bits per heavy atom. The Bertz CT molecular complexity index is 286. The second-order valence-electron chi connectivity index (χ2n) is 3.45. The monoisotopic (exact) mass is 196 g/mol. The predicted molar refractivity (Wildman–Crippen MR) is 54.0 cm³/mol. The summed E-state index contributed by atoms with van der Waals surface area (Å²) in [5, 5.41) is 27.3. The maximum atomic E-state index is 9.49. The molecule has 3 nitrogen and oxygen atoms in total. The van der Waals surface area contributed by atoms with Crippen molar-refractivity contribution in [2.75, 3.05) is 6.61 Å². The lowest BCUT2D eigenvalue weighted by Crippen LogP contribution is -2.31. The topological polar surface area (TPSA) is 60.7 Å². The fourth-order valence-corrected chi connectivity index (χ4v) is 1.32. The molecule has 1 aromatic carbocycles. The van der Waals surface area contributed by atoms with E-state index < -0.39 is 18.8 Å². The third kappa shape index (κ3) is 2.80. The highest BCUT2D eigenvalue weighted by Gasteiger charge is 2.15. The minimum Gasteiger partial charge on any atom is -0.394 e. The van der Waals surface area contributed by atoms with Gasteiger partial charge >= 0.3 is 0 Å². The summed E-state index contributed by atoms with van der Waals surface area (Å²) in [4.78, 5) is 0. The molecule has 0 amide bonds. The van der Waals surface area contributed by atoms with E-state index in [1.165, 1.54) is 0 Å². The van der Waals surface area contributed by atoms with E-state index in [2.05, 4.69) is 0 Å². The summed E-state index contributed by atoms with van der Waals surface area (Å²) in [6.45, 7) is 1.54. The molecule has 0 aliphatic heterocycles. The Morgan fingerprint density at radius 1 is 1.14 bits per heavy atom. The van der Waals surface area contributed by atoms with Crippen molar-refractivity contribution in [1.29, 1.82) is 0 Å². The molecular formula is C11H16O3. The molecule has 0 heterocycles. The molecule has 0 aliphatic rings. The van der Waals surface area contributed by atoms with Crippen LogP contribution in [0.1, 0.15) is 11.1 Å². The molecule has 3 heteroatoms. The van der Waals surface area contributed by atoms with Gasteiger partial charge in [-0.15, -0.1) is 0 Å². The van der Waals surface area contributed by atoms with Crippen molar-refractivity contribution in [3.63, 3.8) is 0 Å². The number of aliphatic hydroxyl groups is 3. The van der Waals surface area contributed by atoms with Crippen LogP contribution in [0.3, 0.4) is 0 Å². The highest BCUT2D eigenvalue weighted by atomic mass is 16.4. The lowest BCUT2D eigenvalue weighted by molar-refractivity contribution is -0.0133. The van der Waals surface area contributed by atoms with Gasteiger partial charge in [-0.1, -0.05) is 24.3 Å². The number of rotatable bonds is 4. The SMILES string of the molecule is Cc1ccccc1CC(O)C(O)CO. The molecule has 0 bridgehead atoms. The summed E-state index contributed by atoms with van der Waals surface area (Å²) in [5.41, 5.74) is 2.07. The fraction of sp³-hybridized carbons (Fsp3) is 0.455. The normalized spacial score (nSPS) is 15.1. The molecule has 0 aliphatic carbocycles. The van der Waals surface area contributed by atoms with Crippen LogP contribution in [-0.4, -0.2) is 34.1 Å². The molecule has 0 radical (unpaired) electrons. The van der Waals surface area contributed by atoms with Crippen LogP contribution in [-0.2, 0) is 6.42 Å². The molecule has 2 unspecified atom stereocenters. The number of hydrogen-bond acceptors (Lipinski definition) is 3. The van der Waals surface area contributed by atoms with Gasteiger partial charge in [0.25, 0.3) is 0 Å². The van der Waals surface area contributed by atoms with Gasteiger partial charge < -0.3 is 15.3 Å². The fourth-order valence-electron chi connectivity index (χ4n) is 1.32. The first-order valence-corrected chi connectivity index (χ1v) is 4.66. The maximum absolute atomic E-state index is 9.49. The van der Waals surface area contributed by atoms with Crippen LogP contribution < -0.4 is 0 Å². The molecule has 78 valence electrons. The van der Waals surface area contributed by atoms with E-state index in [0.29, 0.717) is 6.42 Å². The van der Waals surface area contributed by atoms with Crippen molar-refractivity contribution in [2.24, 2.45) is 0 Å². The Morgan fingerprint density at radius 2 is 1.79 bits per heavy atom. The Labute approximate surface area is 83.6 Å². The summed E-state index contributed by atoms with van der Waals surface area (Å²) in [5.74, 6) is 0. The number of aliphatic hydroxyl groups excluding tert-OH is 3. The van der Waals surface area contributed by atoms with Crippen LogP contribution in [0, 0.1) is 6.92 Å². The van der Waals surface area contributed by atoms with Gasteiger partial charge in [0.05, 0.1) is 12.7 Å². The molecule has 14 heavy (non-hydrogen) atoms. The summed E-state index contributed by atoms with van der Waals surface area (Å²) < 4.78 is 0. The van der Waals surface area contributed by atoms with Gasteiger partial charge in [-0.05, 0) is 18.1 Å². The van der Waals surface area contributed by atoms with Crippen LogP contribution in [0.4, 0.5) is 0 Å². The second-order valence-corrected chi connectivity index (χ2v) is 3.45. The van der Waals surface area contributed by atoms with Crippen molar-refractivity contribution < 1.29 is 15.3 Å². The Balaban J connectivity index is 2.64. The molecule has 0 saturated heterocycles. The summed E-state index contributed by atoms with van der Waals surface area (Å²) >= 11 is 0. The summed E-state index contributed by atoms with van der Waals surface area (Å²) in [6.07, 6.45) is -1.59. The lowest BCUT2D eigenvalue weighted by Gasteiger charge is -2.16. The average molecular weight is 196 g/mol. The maximum Gasteiger partial charge on any atom is 0.103 e. The molecule has 1 rings (SSSR count). The van der Waals surface area contributed by atoms with Crippen LogP contribution >= 0.6 is 0 Å². The molecule has 0 aromatic heterocycles. The molecular weight excluding hydrogens is 180 g/mol. The zero-order chi connectivity index (χ0) is 10.6. The minimum absolute atomic E-state index is 0.369. The molecule has 0 spiro atoms. The quantitative estimate of drug-likeness (QED) is 0.647. The standard InChI is InChI=1S/C11H16O3/c1-8-4-2-3-5-9(8)6-10(13)11(14)7-12/h2-5,10-14H,6-7H2,1H3. The van der Waals surface area contributed by atoms with Gasteiger partial charge in [0.1, 0.15) is 6.10 Å². The van der Waals surface area contributed by atoms with Gasteiger partial charge in [-0.2, -0.15) is 0 Å². The van der Waals surface area contributed by atoms with E-state index in [1.807, 2.05) is 31.2 Å².